The summed E-state index contributed by atoms with van der Waals surface area (Å²) in [7, 11) is 0. The van der Waals surface area contributed by atoms with Crippen molar-refractivity contribution in [3.8, 4) is 71.0 Å². The number of hydrogen-bond acceptors (Lipinski definition) is 8. The predicted molar refractivity (Wildman–Crippen MR) is 299 cm³/mol. The summed E-state index contributed by atoms with van der Waals surface area (Å²) in [6.07, 6.45) is 25.8. The molecule has 0 bridgehead atoms. The van der Waals surface area contributed by atoms with Crippen LogP contribution in [0.15, 0.2) is 83.6 Å². The molecule has 338 valence electrons. The van der Waals surface area contributed by atoms with Gasteiger partial charge in [0.1, 0.15) is 0 Å². The van der Waals surface area contributed by atoms with E-state index in [1.165, 1.54) is 219 Å². The first-order chi connectivity index (χ1) is 31.5. The first-order valence-corrected chi connectivity index (χ1v) is 31.0. The maximum absolute atomic E-state index is 2.51. The molecule has 8 heteroatoms. The van der Waals surface area contributed by atoms with Crippen LogP contribution in [0.2, 0.25) is 0 Å². The lowest BCUT2D eigenvalue weighted by atomic mass is 10.1. The first-order valence-electron chi connectivity index (χ1n) is 24.4. The smallest absolute Gasteiger partial charge is 0.0535 e. The molecule has 0 nitrogen and oxygen atoms in total. The largest absolute Gasteiger partial charge is 0.142 e. The molecule has 0 aliphatic rings. The molecule has 0 spiro atoms. The van der Waals surface area contributed by atoms with E-state index in [1.54, 1.807) is 0 Å². The van der Waals surface area contributed by atoms with E-state index in [1.807, 2.05) is 90.7 Å². The summed E-state index contributed by atoms with van der Waals surface area (Å²) < 4.78 is 0. The molecule has 0 fully saturated rings. The number of aryl methyl sites for hydroxylation is 4. The Labute approximate surface area is 417 Å². The zero-order valence-electron chi connectivity index (χ0n) is 38.5. The van der Waals surface area contributed by atoms with Crippen LogP contribution in [0.25, 0.3) is 71.0 Å². The summed E-state index contributed by atoms with van der Waals surface area (Å²) in [5, 5.41) is 4.81. The van der Waals surface area contributed by atoms with Crippen LogP contribution in [-0.4, -0.2) is 0 Å². The molecule has 0 N–H and O–H groups in total. The maximum Gasteiger partial charge on any atom is 0.0535 e. The topological polar surface area (TPSA) is 0 Å². The van der Waals surface area contributed by atoms with Gasteiger partial charge in [-0.25, -0.2) is 0 Å². The van der Waals surface area contributed by atoms with Crippen LogP contribution >= 0.6 is 90.7 Å². The minimum absolute atomic E-state index is 1.20. The molecule has 0 unspecified atom stereocenters. The number of thiophene rings is 8. The van der Waals surface area contributed by atoms with Gasteiger partial charge in [-0.15, -0.1) is 90.7 Å². The van der Waals surface area contributed by atoms with Gasteiger partial charge in [-0.3, -0.25) is 0 Å². The van der Waals surface area contributed by atoms with E-state index < -0.39 is 0 Å². The lowest BCUT2D eigenvalue weighted by Gasteiger charge is -2.00. The van der Waals surface area contributed by atoms with Gasteiger partial charge in [-0.1, -0.05) is 105 Å². The molecule has 8 heterocycles. The number of unbranched alkanes of at least 4 members (excludes halogenated alkanes) is 12. The van der Waals surface area contributed by atoms with Crippen LogP contribution in [-0.2, 0) is 25.7 Å². The second kappa shape index (κ2) is 24.6. The predicted octanol–water partition coefficient (Wildman–Crippen LogP) is 22.3. The molecule has 0 amide bonds. The molecule has 0 aromatic carbocycles. The monoisotopic (exact) mass is 994 g/mol. The third-order valence-electron chi connectivity index (χ3n) is 12.2. The molecule has 8 aromatic heterocycles. The van der Waals surface area contributed by atoms with E-state index in [2.05, 4.69) is 111 Å². The average molecular weight is 996 g/mol. The Morgan fingerprint density at radius 3 is 0.969 bits per heavy atom. The molecule has 0 aliphatic heterocycles. The highest BCUT2D eigenvalue weighted by atomic mass is 32.1. The Balaban J connectivity index is 1.05. The SMILES string of the molecule is CCCCCCc1ccc(-c2cc(-c3csc(-c4cc(-c5cc(-c6ccc(CCCCCC)s6)c(-c6ccc(CCCCCC)s6)s5)cs4)c3)sc2-c2ccc(CCCCCC)s2)s1. The van der Waals surface area contributed by atoms with E-state index in [0.717, 1.165) is 0 Å². The molecule has 0 saturated carbocycles. The molecule has 8 aromatic rings. The highest BCUT2D eigenvalue weighted by Crippen LogP contribution is 2.51. The van der Waals surface area contributed by atoms with Gasteiger partial charge in [0.25, 0.3) is 0 Å². The Morgan fingerprint density at radius 1 is 0.297 bits per heavy atom. The molecule has 64 heavy (non-hydrogen) atoms. The van der Waals surface area contributed by atoms with Gasteiger partial charge in [0.2, 0.25) is 0 Å². The summed E-state index contributed by atoms with van der Waals surface area (Å²) in [4.78, 5) is 20.2. The first kappa shape index (κ1) is 48.1. The third kappa shape index (κ3) is 12.6. The van der Waals surface area contributed by atoms with Crippen molar-refractivity contribution < 1.29 is 0 Å². The Morgan fingerprint density at radius 2 is 0.625 bits per heavy atom. The highest BCUT2D eigenvalue weighted by Gasteiger charge is 2.21. The average Bonchev–Trinajstić information content (AvgIpc) is 4.15. The van der Waals surface area contributed by atoms with Gasteiger partial charge in [0, 0.05) is 91.5 Å². The van der Waals surface area contributed by atoms with Crippen LogP contribution in [0, 0.1) is 0 Å². The Kier molecular flexibility index (Phi) is 18.5. The minimum Gasteiger partial charge on any atom is -0.142 e. The van der Waals surface area contributed by atoms with Crippen LogP contribution in [0.4, 0.5) is 0 Å². The third-order valence-corrected chi connectivity index (χ3v) is 21.6. The number of hydrogen-bond donors (Lipinski definition) is 0. The maximum atomic E-state index is 2.51. The molecular formula is C56H66S8. The van der Waals surface area contributed by atoms with Crippen molar-refractivity contribution in [2.75, 3.05) is 0 Å². The van der Waals surface area contributed by atoms with Gasteiger partial charge < -0.3 is 0 Å². The van der Waals surface area contributed by atoms with E-state index in [9.17, 15) is 0 Å². The summed E-state index contributed by atoms with van der Waals surface area (Å²) in [6, 6.07) is 29.2. The Bertz CT molecular complexity index is 2280. The zero-order valence-corrected chi connectivity index (χ0v) is 45.0. The van der Waals surface area contributed by atoms with Gasteiger partial charge in [-0.2, -0.15) is 0 Å². The van der Waals surface area contributed by atoms with Crippen LogP contribution in [0.5, 0.6) is 0 Å². The summed E-state index contributed by atoms with van der Waals surface area (Å²) in [5.74, 6) is 0. The lowest BCUT2D eigenvalue weighted by Crippen LogP contribution is -1.80. The fourth-order valence-electron chi connectivity index (χ4n) is 8.47. The fourth-order valence-corrected chi connectivity index (χ4v) is 17.5. The lowest BCUT2D eigenvalue weighted by molar-refractivity contribution is 0.670. The summed E-state index contributed by atoms with van der Waals surface area (Å²) in [6.45, 7) is 9.21. The van der Waals surface area contributed by atoms with Gasteiger partial charge >= 0.3 is 0 Å². The van der Waals surface area contributed by atoms with Crippen molar-refractivity contribution in [3.05, 3.63) is 103 Å². The fraction of sp³-hybridized carbons (Fsp3) is 0.429. The molecule has 8 rings (SSSR count). The van der Waals surface area contributed by atoms with E-state index >= 15 is 0 Å². The van der Waals surface area contributed by atoms with Crippen molar-refractivity contribution in [2.45, 2.75) is 156 Å². The van der Waals surface area contributed by atoms with Gasteiger partial charge in [0.05, 0.1) is 9.75 Å². The van der Waals surface area contributed by atoms with Crippen LogP contribution < -0.4 is 0 Å². The van der Waals surface area contributed by atoms with Crippen LogP contribution in [0.3, 0.4) is 0 Å². The van der Waals surface area contributed by atoms with E-state index in [4.69, 9.17) is 0 Å². The number of rotatable bonds is 27. The van der Waals surface area contributed by atoms with E-state index in [0.29, 0.717) is 0 Å². The van der Waals surface area contributed by atoms with E-state index in [-0.39, 0.29) is 0 Å². The van der Waals surface area contributed by atoms with Gasteiger partial charge in [-0.05, 0) is 124 Å². The zero-order chi connectivity index (χ0) is 44.1. The van der Waals surface area contributed by atoms with Crippen molar-refractivity contribution in [3.63, 3.8) is 0 Å². The second-order valence-electron chi connectivity index (χ2n) is 17.4. The highest BCUT2D eigenvalue weighted by molar-refractivity contribution is 7.26. The van der Waals surface area contributed by atoms with Crippen molar-refractivity contribution in [2.24, 2.45) is 0 Å². The van der Waals surface area contributed by atoms with Crippen molar-refractivity contribution in [1.29, 1.82) is 0 Å². The standard InChI is InChI=1S/C56H66S8/c1-5-9-13-17-21-41-25-29-47(59-41)45-35-51(63-55(45)49-31-27-43(61-49)23-19-15-11-7-3)39-33-53(57-37-39)54-34-40(38-58-54)52-36-46(48-30-26-42(60-48)22-18-14-10-6-2)56(64-52)50-32-28-44(62-50)24-20-16-12-8-4/h25-38H,5-24H2,1-4H3. The minimum atomic E-state index is 1.20. The quantitative estimate of drug-likeness (QED) is 0.0451. The molecule has 0 aliphatic carbocycles. The summed E-state index contributed by atoms with van der Waals surface area (Å²) >= 11 is 15.9. The molecule has 0 radical (unpaired) electrons. The summed E-state index contributed by atoms with van der Waals surface area (Å²) in [5.41, 5.74) is 5.55. The van der Waals surface area contributed by atoms with Crippen molar-refractivity contribution >= 4 is 90.7 Å². The van der Waals surface area contributed by atoms with Crippen molar-refractivity contribution in [1.82, 2.24) is 0 Å². The molecule has 0 saturated heterocycles. The Hall–Kier alpha value is -2.40. The normalized spacial score (nSPS) is 11.8. The van der Waals surface area contributed by atoms with Gasteiger partial charge in [0.15, 0.2) is 0 Å². The second-order valence-corrected chi connectivity index (χ2v) is 26.0. The molecule has 0 atom stereocenters. The van der Waals surface area contributed by atoms with Crippen LogP contribution in [0.1, 0.15) is 150 Å². The molecular weight excluding hydrogens is 929 g/mol.